The summed E-state index contributed by atoms with van der Waals surface area (Å²) in [5, 5.41) is 11.5. The molecule has 0 radical (unpaired) electrons. The Bertz CT molecular complexity index is 720. The van der Waals surface area contributed by atoms with Crippen molar-refractivity contribution in [2.45, 2.75) is 25.8 Å². The molecule has 26 heavy (non-hydrogen) atoms. The minimum Gasteiger partial charge on any atom is -0.548 e. The Morgan fingerprint density at radius 3 is 2.92 bits per heavy atom. The molecule has 1 heterocycles. The Morgan fingerprint density at radius 1 is 1.50 bits per heavy atom. The molecule has 1 atom stereocenters. The average molecular weight is 411 g/mol. The number of carbonyl (C=O) groups is 2. The van der Waals surface area contributed by atoms with Gasteiger partial charge in [-0.2, -0.15) is 11.8 Å². The number of carbonyl (C=O) groups excluding carboxylic acids is 2. The highest BCUT2D eigenvalue weighted by Gasteiger charge is 2.37. The topological polar surface area (TPSA) is 69.7 Å². The summed E-state index contributed by atoms with van der Waals surface area (Å²) in [4.78, 5) is 25.7. The zero-order valence-electron chi connectivity index (χ0n) is 14.6. The molecule has 2 rings (SSSR count). The van der Waals surface area contributed by atoms with Crippen LogP contribution in [-0.2, 0) is 9.59 Å². The van der Waals surface area contributed by atoms with Gasteiger partial charge >= 0.3 is 0 Å². The molecule has 1 saturated heterocycles. The van der Waals surface area contributed by atoms with Crippen molar-refractivity contribution in [3.63, 3.8) is 0 Å². The van der Waals surface area contributed by atoms with Crippen LogP contribution in [0.1, 0.15) is 25.3 Å². The number of hydrogen-bond donors (Lipinski definition) is 0. The summed E-state index contributed by atoms with van der Waals surface area (Å²) in [6, 6.07) is 6.36. The van der Waals surface area contributed by atoms with E-state index in [2.05, 4.69) is 0 Å². The van der Waals surface area contributed by atoms with E-state index in [1.165, 1.54) is 11.8 Å². The van der Waals surface area contributed by atoms with Crippen molar-refractivity contribution in [3.05, 3.63) is 34.7 Å². The predicted octanol–water partition coefficient (Wildman–Crippen LogP) is 2.55. The number of thioether (sulfide) groups is 2. The maximum Gasteiger partial charge on any atom is 0.266 e. The lowest BCUT2D eigenvalue weighted by Crippen LogP contribution is -2.50. The van der Waals surface area contributed by atoms with Crippen LogP contribution in [0, 0.1) is 0 Å². The van der Waals surface area contributed by atoms with Gasteiger partial charge in [0.25, 0.3) is 5.91 Å². The molecule has 0 bridgehead atoms. The van der Waals surface area contributed by atoms with Crippen LogP contribution in [0.2, 0.25) is 0 Å². The lowest BCUT2D eigenvalue weighted by atomic mass is 10.1. The van der Waals surface area contributed by atoms with Gasteiger partial charge in [0.05, 0.1) is 23.5 Å². The molecular weight excluding hydrogens is 390 g/mol. The molecular formula is C18H20NO4S3-. The van der Waals surface area contributed by atoms with Crippen molar-refractivity contribution < 1.29 is 19.4 Å². The SMILES string of the molecule is CCCOc1cccc(/C=C2/SC(=S)N([C@H](CCSC)C(=O)[O-])C2=O)c1. The molecule has 0 saturated carbocycles. The highest BCUT2D eigenvalue weighted by molar-refractivity contribution is 8.26. The summed E-state index contributed by atoms with van der Waals surface area (Å²) in [5.41, 5.74) is 0.799. The summed E-state index contributed by atoms with van der Waals surface area (Å²) in [5.74, 6) is -0.351. The zero-order chi connectivity index (χ0) is 19.1. The molecule has 0 N–H and O–H groups in total. The Hall–Kier alpha value is -1.51. The van der Waals surface area contributed by atoms with Crippen LogP contribution in [-0.4, -0.2) is 45.8 Å². The fraction of sp³-hybridized carbons (Fsp3) is 0.389. The maximum absolute atomic E-state index is 12.7. The zero-order valence-corrected chi connectivity index (χ0v) is 17.0. The first-order valence-electron chi connectivity index (χ1n) is 8.17. The van der Waals surface area contributed by atoms with Crippen LogP contribution in [0.3, 0.4) is 0 Å². The second kappa shape index (κ2) is 9.99. The van der Waals surface area contributed by atoms with Crippen LogP contribution >= 0.6 is 35.7 Å². The van der Waals surface area contributed by atoms with E-state index in [1.54, 1.807) is 6.08 Å². The number of rotatable bonds is 9. The molecule has 1 aromatic carbocycles. The van der Waals surface area contributed by atoms with Crippen LogP contribution in [0.4, 0.5) is 0 Å². The van der Waals surface area contributed by atoms with Crippen molar-refractivity contribution in [2.24, 2.45) is 0 Å². The first-order chi connectivity index (χ1) is 12.5. The Labute approximate surface area is 167 Å². The molecule has 1 aliphatic heterocycles. The van der Waals surface area contributed by atoms with E-state index in [9.17, 15) is 14.7 Å². The third-order valence-electron chi connectivity index (χ3n) is 3.63. The predicted molar refractivity (Wildman–Crippen MR) is 109 cm³/mol. The smallest absolute Gasteiger partial charge is 0.266 e. The van der Waals surface area contributed by atoms with E-state index in [0.717, 1.165) is 34.4 Å². The highest BCUT2D eigenvalue weighted by atomic mass is 32.2. The van der Waals surface area contributed by atoms with Crippen LogP contribution in [0.25, 0.3) is 6.08 Å². The van der Waals surface area contributed by atoms with Gasteiger partial charge in [0.15, 0.2) is 0 Å². The van der Waals surface area contributed by atoms with Gasteiger partial charge in [-0.25, -0.2) is 0 Å². The number of hydrogen-bond acceptors (Lipinski definition) is 7. The second-order valence-electron chi connectivity index (χ2n) is 5.59. The van der Waals surface area contributed by atoms with Crippen LogP contribution in [0.5, 0.6) is 5.75 Å². The molecule has 0 aromatic heterocycles. The van der Waals surface area contributed by atoms with Gasteiger partial charge in [-0.05, 0) is 48.6 Å². The van der Waals surface area contributed by atoms with Gasteiger partial charge in [0.2, 0.25) is 0 Å². The van der Waals surface area contributed by atoms with Gasteiger partial charge in [0, 0.05) is 0 Å². The Balaban J connectivity index is 2.21. The molecule has 1 amide bonds. The molecule has 0 aliphatic carbocycles. The normalized spacial score (nSPS) is 17.0. The highest BCUT2D eigenvalue weighted by Crippen LogP contribution is 2.35. The maximum atomic E-state index is 12.7. The third-order valence-corrected chi connectivity index (χ3v) is 5.61. The third kappa shape index (κ3) is 5.25. The summed E-state index contributed by atoms with van der Waals surface area (Å²) >= 11 is 7.87. The molecule has 5 nitrogen and oxygen atoms in total. The van der Waals surface area contributed by atoms with Crippen molar-refractivity contribution in [1.29, 1.82) is 0 Å². The van der Waals surface area contributed by atoms with Crippen molar-refractivity contribution in [1.82, 2.24) is 4.90 Å². The van der Waals surface area contributed by atoms with Crippen LogP contribution < -0.4 is 9.84 Å². The minimum atomic E-state index is -1.29. The van der Waals surface area contributed by atoms with Gasteiger partial charge in [-0.3, -0.25) is 9.69 Å². The van der Waals surface area contributed by atoms with Gasteiger partial charge in [-0.1, -0.05) is 43.0 Å². The number of amides is 1. The number of nitrogens with zero attached hydrogens (tertiary/aromatic N) is 1. The largest absolute Gasteiger partial charge is 0.548 e. The molecule has 1 aliphatic rings. The average Bonchev–Trinajstić information content (AvgIpc) is 2.88. The Morgan fingerprint density at radius 2 is 2.27 bits per heavy atom. The fourth-order valence-electron chi connectivity index (χ4n) is 2.40. The molecule has 8 heteroatoms. The number of ether oxygens (including phenoxy) is 1. The first-order valence-corrected chi connectivity index (χ1v) is 10.8. The molecule has 140 valence electrons. The van der Waals surface area contributed by atoms with Crippen molar-refractivity contribution in [2.75, 3.05) is 18.6 Å². The minimum absolute atomic E-state index is 0.245. The standard InChI is InChI=1S/C18H21NO4S3/c1-3-8-23-13-6-4-5-12(10-13)11-15-16(20)19(18(24)26-15)14(17(21)22)7-9-25-2/h4-6,10-11,14H,3,7-9H2,1-2H3,(H,21,22)/p-1/b15-11+/t14-/m1/s1. The fourth-order valence-corrected chi connectivity index (χ4v) is 4.21. The number of benzene rings is 1. The van der Waals surface area contributed by atoms with E-state index in [4.69, 9.17) is 17.0 Å². The monoisotopic (exact) mass is 410 g/mol. The van der Waals surface area contributed by atoms with Gasteiger partial charge < -0.3 is 14.6 Å². The second-order valence-corrected chi connectivity index (χ2v) is 8.25. The number of carboxylic acids is 1. The summed E-state index contributed by atoms with van der Waals surface area (Å²) < 4.78 is 5.84. The first kappa shape index (κ1) is 20.8. The number of aliphatic carboxylic acids is 1. The van der Waals surface area contributed by atoms with E-state index in [1.807, 2.05) is 37.4 Å². The number of carboxylic acid groups (broad SMARTS) is 1. The van der Waals surface area contributed by atoms with Crippen molar-refractivity contribution in [3.8, 4) is 5.75 Å². The molecule has 1 fully saturated rings. The Kier molecular flexibility index (Phi) is 7.99. The lowest BCUT2D eigenvalue weighted by molar-refractivity contribution is -0.310. The summed E-state index contributed by atoms with van der Waals surface area (Å²) in [6.45, 7) is 2.65. The van der Waals surface area contributed by atoms with E-state index in [-0.39, 0.29) is 4.32 Å². The van der Waals surface area contributed by atoms with Crippen LogP contribution in [0.15, 0.2) is 29.2 Å². The van der Waals surface area contributed by atoms with Gasteiger partial charge in [-0.15, -0.1) is 0 Å². The van der Waals surface area contributed by atoms with Crippen molar-refractivity contribution >= 4 is 58.0 Å². The van der Waals surface area contributed by atoms with E-state index >= 15 is 0 Å². The summed E-state index contributed by atoms with van der Waals surface area (Å²) in [7, 11) is 0. The number of thiocarbonyl (C=S) groups is 1. The molecule has 1 aromatic rings. The summed E-state index contributed by atoms with van der Waals surface area (Å²) in [6.07, 6.45) is 4.79. The lowest BCUT2D eigenvalue weighted by Gasteiger charge is -2.27. The van der Waals surface area contributed by atoms with E-state index < -0.39 is 17.9 Å². The quantitative estimate of drug-likeness (QED) is 0.458. The van der Waals surface area contributed by atoms with Gasteiger partial charge in [0.1, 0.15) is 10.1 Å². The molecule has 0 spiro atoms. The molecule has 0 unspecified atom stereocenters. The van der Waals surface area contributed by atoms with E-state index in [0.29, 0.717) is 23.7 Å².